The molecule has 66 valence electrons. The van der Waals surface area contributed by atoms with Gasteiger partial charge in [-0.1, -0.05) is 11.6 Å². The van der Waals surface area contributed by atoms with Crippen LogP contribution in [0.3, 0.4) is 0 Å². The summed E-state index contributed by atoms with van der Waals surface area (Å²) in [5, 5.41) is 3.66. The molecule has 0 radical (unpaired) electrons. The molecule has 1 N–H and O–H groups in total. The van der Waals surface area contributed by atoms with Gasteiger partial charge in [0.05, 0.1) is 0 Å². The molecule has 0 fully saturated rings. The molecule has 2 nitrogen and oxygen atoms in total. The lowest BCUT2D eigenvalue weighted by atomic mass is 10.1. The van der Waals surface area contributed by atoms with Crippen LogP contribution in [0.1, 0.15) is 18.5 Å². The summed E-state index contributed by atoms with van der Waals surface area (Å²) in [6.07, 6.45) is 1.71. The van der Waals surface area contributed by atoms with Gasteiger partial charge in [0.1, 0.15) is 5.15 Å². The zero-order chi connectivity index (χ0) is 9.14. The Morgan fingerprint density at radius 2 is 2.33 bits per heavy atom. The van der Waals surface area contributed by atoms with E-state index >= 15 is 0 Å². The van der Waals surface area contributed by atoms with Gasteiger partial charge in [-0.2, -0.15) is 0 Å². The Morgan fingerprint density at radius 1 is 1.67 bits per heavy atom. The maximum atomic E-state index is 5.76. The normalized spacial score (nSPS) is 13.0. The molecule has 0 bridgehead atoms. The van der Waals surface area contributed by atoms with Gasteiger partial charge in [0.15, 0.2) is 0 Å². The summed E-state index contributed by atoms with van der Waals surface area (Å²) >= 11 is 9.17. The van der Waals surface area contributed by atoms with E-state index in [9.17, 15) is 0 Å². The van der Waals surface area contributed by atoms with Crippen molar-refractivity contribution in [3.05, 3.63) is 27.5 Å². The highest BCUT2D eigenvalue weighted by Gasteiger charge is 2.07. The van der Waals surface area contributed by atoms with Gasteiger partial charge in [-0.05, 0) is 41.5 Å². The summed E-state index contributed by atoms with van der Waals surface area (Å²) in [4.78, 5) is 3.95. The van der Waals surface area contributed by atoms with E-state index in [2.05, 4.69) is 33.2 Å². The monoisotopic (exact) mass is 248 g/mol. The molecule has 1 rings (SSSR count). The third-order valence-corrected chi connectivity index (χ3v) is 2.62. The highest BCUT2D eigenvalue weighted by atomic mass is 79.9. The Morgan fingerprint density at radius 3 is 2.92 bits per heavy atom. The van der Waals surface area contributed by atoms with Gasteiger partial charge in [0.2, 0.25) is 0 Å². The maximum Gasteiger partial charge on any atom is 0.129 e. The van der Waals surface area contributed by atoms with Crippen molar-refractivity contribution in [2.75, 3.05) is 7.05 Å². The molecule has 12 heavy (non-hydrogen) atoms. The summed E-state index contributed by atoms with van der Waals surface area (Å²) in [6, 6.07) is 2.13. The zero-order valence-electron chi connectivity index (χ0n) is 6.94. The standard InChI is InChI=1S/C8H10BrClN2/c1-5(11-2)6-3-8(10)12-4-7(6)9/h3-5,11H,1-2H3/t5-/m0/s1. The minimum atomic E-state index is 0.278. The third-order valence-electron chi connectivity index (χ3n) is 1.75. The Balaban J connectivity index is 3.04. The molecule has 1 atom stereocenters. The summed E-state index contributed by atoms with van der Waals surface area (Å²) in [7, 11) is 1.91. The molecule has 0 amide bonds. The first-order valence-electron chi connectivity index (χ1n) is 3.63. The van der Waals surface area contributed by atoms with E-state index in [0.717, 1.165) is 10.0 Å². The van der Waals surface area contributed by atoms with Crippen molar-refractivity contribution in [1.29, 1.82) is 0 Å². The van der Waals surface area contributed by atoms with Crippen molar-refractivity contribution in [3.8, 4) is 0 Å². The van der Waals surface area contributed by atoms with Crippen LogP contribution in [0.15, 0.2) is 16.7 Å². The van der Waals surface area contributed by atoms with Crippen LogP contribution in [-0.4, -0.2) is 12.0 Å². The van der Waals surface area contributed by atoms with Crippen LogP contribution in [0.2, 0.25) is 5.15 Å². The minimum absolute atomic E-state index is 0.278. The van der Waals surface area contributed by atoms with Gasteiger partial charge in [0.25, 0.3) is 0 Å². The predicted molar refractivity (Wildman–Crippen MR) is 54.4 cm³/mol. The van der Waals surface area contributed by atoms with Gasteiger partial charge >= 0.3 is 0 Å². The number of aromatic nitrogens is 1. The average Bonchev–Trinajstić information content (AvgIpc) is 2.08. The molecular weight excluding hydrogens is 239 g/mol. The quantitative estimate of drug-likeness (QED) is 0.815. The first-order chi connectivity index (χ1) is 5.65. The third kappa shape index (κ3) is 2.19. The second kappa shape index (κ2) is 4.21. The van der Waals surface area contributed by atoms with Gasteiger partial charge in [-0.3, -0.25) is 0 Å². The number of nitrogens with zero attached hydrogens (tertiary/aromatic N) is 1. The van der Waals surface area contributed by atoms with Crippen LogP contribution >= 0.6 is 27.5 Å². The van der Waals surface area contributed by atoms with Crippen LogP contribution in [0.4, 0.5) is 0 Å². The SMILES string of the molecule is CN[C@@H](C)c1cc(Cl)ncc1Br. The summed E-state index contributed by atoms with van der Waals surface area (Å²) in [5.74, 6) is 0. The summed E-state index contributed by atoms with van der Waals surface area (Å²) in [5.41, 5.74) is 1.12. The average molecular weight is 250 g/mol. The fourth-order valence-corrected chi connectivity index (χ4v) is 1.64. The van der Waals surface area contributed by atoms with Crippen LogP contribution in [0.5, 0.6) is 0 Å². The molecule has 0 aliphatic heterocycles. The number of hydrogen-bond donors (Lipinski definition) is 1. The van der Waals surface area contributed by atoms with Crippen LogP contribution in [0, 0.1) is 0 Å². The molecule has 0 aromatic carbocycles. The number of pyridine rings is 1. The lowest BCUT2D eigenvalue weighted by Gasteiger charge is -2.12. The van der Waals surface area contributed by atoms with Crippen molar-refractivity contribution < 1.29 is 0 Å². The number of hydrogen-bond acceptors (Lipinski definition) is 2. The highest BCUT2D eigenvalue weighted by molar-refractivity contribution is 9.10. The van der Waals surface area contributed by atoms with Crippen molar-refractivity contribution in [3.63, 3.8) is 0 Å². The van der Waals surface area contributed by atoms with Crippen molar-refractivity contribution in [2.45, 2.75) is 13.0 Å². The van der Waals surface area contributed by atoms with Crippen LogP contribution in [0.25, 0.3) is 0 Å². The van der Waals surface area contributed by atoms with Gasteiger partial charge in [0, 0.05) is 16.7 Å². The van der Waals surface area contributed by atoms with Crippen LogP contribution in [-0.2, 0) is 0 Å². The van der Waals surface area contributed by atoms with E-state index in [1.807, 2.05) is 13.1 Å². The lowest BCUT2D eigenvalue weighted by molar-refractivity contribution is 0.648. The summed E-state index contributed by atoms with van der Waals surface area (Å²) < 4.78 is 0.980. The zero-order valence-corrected chi connectivity index (χ0v) is 9.28. The molecule has 0 saturated heterocycles. The Labute approximate surface area is 85.5 Å². The molecular formula is C8H10BrClN2. The molecule has 4 heteroatoms. The number of nitrogens with one attached hydrogen (secondary N) is 1. The van der Waals surface area contributed by atoms with Gasteiger partial charge in [-0.25, -0.2) is 4.98 Å². The van der Waals surface area contributed by atoms with Crippen molar-refractivity contribution >= 4 is 27.5 Å². The molecule has 0 saturated carbocycles. The lowest BCUT2D eigenvalue weighted by Crippen LogP contribution is -2.12. The Hall–Kier alpha value is -0.120. The maximum absolute atomic E-state index is 5.76. The predicted octanol–water partition coefficient (Wildman–Crippen LogP) is 2.78. The van der Waals surface area contributed by atoms with E-state index in [1.165, 1.54) is 0 Å². The van der Waals surface area contributed by atoms with E-state index in [-0.39, 0.29) is 6.04 Å². The van der Waals surface area contributed by atoms with Crippen molar-refractivity contribution in [1.82, 2.24) is 10.3 Å². The summed E-state index contributed by atoms with van der Waals surface area (Å²) in [6.45, 7) is 2.07. The molecule has 1 aromatic heterocycles. The van der Waals surface area contributed by atoms with E-state index in [0.29, 0.717) is 5.15 Å². The fraction of sp³-hybridized carbons (Fsp3) is 0.375. The second-order valence-corrected chi connectivity index (χ2v) is 3.78. The molecule has 0 spiro atoms. The Bertz CT molecular complexity index is 278. The second-order valence-electron chi connectivity index (χ2n) is 2.54. The van der Waals surface area contributed by atoms with E-state index in [4.69, 9.17) is 11.6 Å². The molecule has 1 heterocycles. The van der Waals surface area contributed by atoms with Gasteiger partial charge < -0.3 is 5.32 Å². The minimum Gasteiger partial charge on any atom is -0.313 e. The van der Waals surface area contributed by atoms with Crippen molar-refractivity contribution in [2.24, 2.45) is 0 Å². The largest absolute Gasteiger partial charge is 0.313 e. The smallest absolute Gasteiger partial charge is 0.129 e. The Kier molecular flexibility index (Phi) is 3.50. The molecule has 0 aliphatic rings. The number of halogens is 2. The molecule has 1 aromatic rings. The van der Waals surface area contributed by atoms with E-state index in [1.54, 1.807) is 6.20 Å². The topological polar surface area (TPSA) is 24.9 Å². The fourth-order valence-electron chi connectivity index (χ4n) is 0.915. The van der Waals surface area contributed by atoms with Crippen LogP contribution < -0.4 is 5.32 Å². The highest BCUT2D eigenvalue weighted by Crippen LogP contribution is 2.24. The molecule has 0 unspecified atom stereocenters. The number of rotatable bonds is 2. The molecule has 0 aliphatic carbocycles. The first kappa shape index (κ1) is 9.96. The van der Waals surface area contributed by atoms with Gasteiger partial charge in [-0.15, -0.1) is 0 Å². The first-order valence-corrected chi connectivity index (χ1v) is 4.80. The van der Waals surface area contributed by atoms with E-state index < -0.39 is 0 Å².